The van der Waals surface area contributed by atoms with E-state index in [-0.39, 0.29) is 18.2 Å². The summed E-state index contributed by atoms with van der Waals surface area (Å²) in [4.78, 5) is 28.3. The number of methoxy groups -OCH3 is 4. The highest BCUT2D eigenvalue weighted by Crippen LogP contribution is 2.38. The average Bonchev–Trinajstić information content (AvgIpc) is 3.22. The quantitative estimate of drug-likeness (QED) is 0.491. The molecule has 2 amide bonds. The van der Waals surface area contributed by atoms with Crippen molar-refractivity contribution in [1.82, 2.24) is 4.90 Å². The molecule has 182 valence electrons. The van der Waals surface area contributed by atoms with Gasteiger partial charge >= 0.3 is 0 Å². The van der Waals surface area contributed by atoms with Crippen LogP contribution in [-0.4, -0.2) is 45.2 Å². The number of amides is 2. The number of rotatable bonds is 9. The third kappa shape index (κ3) is 4.87. The van der Waals surface area contributed by atoms with E-state index in [1.54, 1.807) is 56.6 Å². The summed E-state index contributed by atoms with van der Waals surface area (Å²) in [6, 6.07) is 17.5. The molecule has 0 radical (unpaired) electrons. The Balaban J connectivity index is 1.67. The van der Waals surface area contributed by atoms with Crippen molar-refractivity contribution in [2.24, 2.45) is 0 Å². The van der Waals surface area contributed by atoms with Crippen LogP contribution in [0.1, 0.15) is 33.9 Å². The van der Waals surface area contributed by atoms with Crippen LogP contribution in [0.2, 0.25) is 0 Å². The number of anilines is 1. The number of hydrogen-bond acceptors (Lipinski definition) is 6. The first-order chi connectivity index (χ1) is 17.0. The Morgan fingerprint density at radius 1 is 0.886 bits per heavy atom. The number of carbonyl (C=O) groups is 2. The highest BCUT2D eigenvalue weighted by atomic mass is 16.5. The van der Waals surface area contributed by atoms with Crippen LogP contribution in [0.3, 0.4) is 0 Å². The summed E-state index contributed by atoms with van der Waals surface area (Å²) in [6.45, 7) is 0.407. The Morgan fingerprint density at radius 2 is 1.60 bits per heavy atom. The molecule has 0 spiro atoms. The van der Waals surface area contributed by atoms with Gasteiger partial charge in [-0.25, -0.2) is 0 Å². The topological polar surface area (TPSA) is 86.3 Å². The second kappa shape index (κ2) is 10.4. The summed E-state index contributed by atoms with van der Waals surface area (Å²) >= 11 is 0. The van der Waals surface area contributed by atoms with E-state index in [1.807, 2.05) is 30.3 Å². The van der Waals surface area contributed by atoms with Crippen LogP contribution in [0, 0.1) is 0 Å². The lowest BCUT2D eigenvalue weighted by Crippen LogP contribution is -2.32. The summed E-state index contributed by atoms with van der Waals surface area (Å²) in [5, 5.41) is 2.91. The third-order valence-electron chi connectivity index (χ3n) is 6.08. The van der Waals surface area contributed by atoms with Gasteiger partial charge in [0.2, 0.25) is 5.91 Å². The number of ether oxygens (including phenoxy) is 4. The van der Waals surface area contributed by atoms with E-state index < -0.39 is 6.04 Å². The fourth-order valence-corrected chi connectivity index (χ4v) is 4.29. The van der Waals surface area contributed by atoms with Crippen molar-refractivity contribution < 1.29 is 28.5 Å². The van der Waals surface area contributed by atoms with Gasteiger partial charge in [0, 0.05) is 18.2 Å². The lowest BCUT2D eigenvalue weighted by Gasteiger charge is -2.28. The first-order valence-corrected chi connectivity index (χ1v) is 11.1. The number of hydrogen-bond donors (Lipinski definition) is 1. The summed E-state index contributed by atoms with van der Waals surface area (Å²) in [7, 11) is 6.20. The van der Waals surface area contributed by atoms with E-state index in [9.17, 15) is 9.59 Å². The molecule has 0 aliphatic carbocycles. The van der Waals surface area contributed by atoms with Gasteiger partial charge in [0.15, 0.2) is 11.5 Å². The zero-order chi connectivity index (χ0) is 24.9. The summed E-state index contributed by atoms with van der Waals surface area (Å²) in [5.74, 6) is 1.78. The van der Waals surface area contributed by atoms with Crippen LogP contribution in [0.5, 0.6) is 23.0 Å². The Hall–Kier alpha value is -4.20. The molecule has 1 aliphatic rings. The number of carbonyl (C=O) groups excluding carboxylic acids is 2. The van der Waals surface area contributed by atoms with Gasteiger partial charge in [-0.15, -0.1) is 0 Å². The van der Waals surface area contributed by atoms with Crippen LogP contribution < -0.4 is 24.3 Å². The summed E-state index contributed by atoms with van der Waals surface area (Å²) in [5.41, 5.74) is 2.82. The number of nitrogens with one attached hydrogen (secondary N) is 1. The Kier molecular flexibility index (Phi) is 7.10. The second-order valence-electron chi connectivity index (χ2n) is 8.04. The van der Waals surface area contributed by atoms with Crippen molar-refractivity contribution >= 4 is 17.5 Å². The Labute approximate surface area is 204 Å². The smallest absolute Gasteiger partial charge is 0.255 e. The van der Waals surface area contributed by atoms with Gasteiger partial charge < -0.3 is 29.2 Å². The van der Waals surface area contributed by atoms with Gasteiger partial charge in [-0.2, -0.15) is 0 Å². The van der Waals surface area contributed by atoms with Gasteiger partial charge in [-0.3, -0.25) is 9.59 Å². The fourth-order valence-electron chi connectivity index (χ4n) is 4.29. The first-order valence-electron chi connectivity index (χ1n) is 11.1. The minimum Gasteiger partial charge on any atom is -0.497 e. The van der Waals surface area contributed by atoms with E-state index in [0.29, 0.717) is 40.8 Å². The van der Waals surface area contributed by atoms with Crippen molar-refractivity contribution in [2.45, 2.75) is 19.0 Å². The molecule has 1 atom stereocenters. The van der Waals surface area contributed by atoms with E-state index in [0.717, 1.165) is 11.1 Å². The third-order valence-corrected chi connectivity index (χ3v) is 6.08. The Bertz CT molecular complexity index is 1240. The monoisotopic (exact) mass is 476 g/mol. The molecule has 1 N–H and O–H groups in total. The van der Waals surface area contributed by atoms with Gasteiger partial charge in [-0.05, 0) is 41.5 Å². The standard InChI is InChI=1S/C27H28N2O6/c1-32-19-10-12-23(33-2)21(14-19)28-26(30)15-22(17-9-11-24(34-3)25(13-17)35-4)29-16-18-7-5-6-8-20(18)27(29)31/h5-14,22H,15-16H2,1-4H3,(H,28,30). The average molecular weight is 477 g/mol. The molecule has 8 heteroatoms. The summed E-state index contributed by atoms with van der Waals surface area (Å²) in [6.07, 6.45) is 0.0234. The predicted octanol–water partition coefficient (Wildman–Crippen LogP) is 4.45. The lowest BCUT2D eigenvalue weighted by molar-refractivity contribution is -0.117. The van der Waals surface area contributed by atoms with Crippen molar-refractivity contribution in [1.29, 1.82) is 0 Å². The van der Waals surface area contributed by atoms with Crippen LogP contribution in [0.15, 0.2) is 60.7 Å². The van der Waals surface area contributed by atoms with Crippen LogP contribution in [0.25, 0.3) is 0 Å². The molecular formula is C27H28N2O6. The van der Waals surface area contributed by atoms with E-state index in [1.165, 1.54) is 7.11 Å². The molecule has 0 bridgehead atoms. The molecule has 0 saturated carbocycles. The minimum atomic E-state index is -0.536. The number of benzene rings is 3. The van der Waals surface area contributed by atoms with Crippen LogP contribution in [-0.2, 0) is 11.3 Å². The SMILES string of the molecule is COc1ccc(OC)c(NC(=O)CC(c2ccc(OC)c(OC)c2)N2Cc3ccccc3C2=O)c1. The molecule has 0 fully saturated rings. The highest BCUT2D eigenvalue weighted by molar-refractivity contribution is 5.99. The molecule has 1 unspecified atom stereocenters. The van der Waals surface area contributed by atoms with Crippen LogP contribution >= 0.6 is 0 Å². The maximum Gasteiger partial charge on any atom is 0.255 e. The maximum atomic E-state index is 13.3. The van der Waals surface area contributed by atoms with Crippen molar-refractivity contribution in [3.63, 3.8) is 0 Å². The maximum absolute atomic E-state index is 13.3. The van der Waals surface area contributed by atoms with Crippen molar-refractivity contribution in [2.75, 3.05) is 33.8 Å². The summed E-state index contributed by atoms with van der Waals surface area (Å²) < 4.78 is 21.5. The largest absolute Gasteiger partial charge is 0.497 e. The van der Waals surface area contributed by atoms with Crippen molar-refractivity contribution in [3.05, 3.63) is 77.4 Å². The predicted molar refractivity (Wildman–Crippen MR) is 131 cm³/mol. The lowest BCUT2D eigenvalue weighted by atomic mass is 10.0. The number of fused-ring (bicyclic) bond motifs is 1. The minimum absolute atomic E-state index is 0.0234. The zero-order valence-corrected chi connectivity index (χ0v) is 20.2. The van der Waals surface area contributed by atoms with E-state index >= 15 is 0 Å². The zero-order valence-electron chi connectivity index (χ0n) is 20.2. The molecule has 4 rings (SSSR count). The fraction of sp³-hybridized carbons (Fsp3) is 0.259. The van der Waals surface area contributed by atoms with E-state index in [2.05, 4.69) is 5.32 Å². The first kappa shape index (κ1) is 23.9. The molecule has 8 nitrogen and oxygen atoms in total. The van der Waals surface area contributed by atoms with Crippen molar-refractivity contribution in [3.8, 4) is 23.0 Å². The molecule has 35 heavy (non-hydrogen) atoms. The van der Waals surface area contributed by atoms with Gasteiger partial charge in [0.25, 0.3) is 5.91 Å². The van der Waals surface area contributed by atoms with Gasteiger partial charge in [-0.1, -0.05) is 24.3 Å². The molecule has 3 aromatic rings. The Morgan fingerprint density at radius 3 is 2.29 bits per heavy atom. The van der Waals surface area contributed by atoms with E-state index in [4.69, 9.17) is 18.9 Å². The highest BCUT2D eigenvalue weighted by Gasteiger charge is 2.35. The molecule has 1 heterocycles. The molecule has 3 aromatic carbocycles. The molecule has 1 aliphatic heterocycles. The number of nitrogens with zero attached hydrogens (tertiary/aromatic N) is 1. The molecule has 0 aromatic heterocycles. The van der Waals surface area contributed by atoms with Gasteiger partial charge in [0.1, 0.15) is 11.5 Å². The molecule has 0 saturated heterocycles. The van der Waals surface area contributed by atoms with Gasteiger partial charge in [0.05, 0.1) is 46.6 Å². The van der Waals surface area contributed by atoms with Crippen LogP contribution in [0.4, 0.5) is 5.69 Å². The molecular weight excluding hydrogens is 448 g/mol. The normalized spacial score (nSPS) is 13.1. The second-order valence-corrected chi connectivity index (χ2v) is 8.04.